The maximum absolute atomic E-state index is 12.5. The fourth-order valence-corrected chi connectivity index (χ4v) is 1.99. The summed E-state index contributed by atoms with van der Waals surface area (Å²) in [5.41, 5.74) is 6.65. The largest absolute Gasteiger partial charge is 0.397 e. The van der Waals surface area contributed by atoms with E-state index in [1.807, 2.05) is 0 Å². The van der Waals surface area contributed by atoms with Gasteiger partial charge in [0, 0.05) is 20.2 Å². The molecule has 0 aliphatic rings. The van der Waals surface area contributed by atoms with E-state index in [-0.39, 0.29) is 5.91 Å². The van der Waals surface area contributed by atoms with E-state index in [9.17, 15) is 4.79 Å². The smallest absolute Gasteiger partial charge is 0.256 e. The Morgan fingerprint density at radius 2 is 2.16 bits per heavy atom. The van der Waals surface area contributed by atoms with Crippen LogP contribution in [-0.4, -0.2) is 37.6 Å². The standard InChI is InChI=1S/C14H21ClN2O2/c1-10(2)9-17(7-8-19-3)14(18)11-5-4-6-12(15)13(11)16/h4-6,10H,7-9,16H2,1-3H3. The molecule has 0 fully saturated rings. The number of nitrogens with zero attached hydrogens (tertiary/aromatic N) is 1. The lowest BCUT2D eigenvalue weighted by Crippen LogP contribution is -2.37. The van der Waals surface area contributed by atoms with Gasteiger partial charge in [0.05, 0.1) is 22.9 Å². The molecular weight excluding hydrogens is 264 g/mol. The maximum Gasteiger partial charge on any atom is 0.256 e. The second-order valence-corrected chi connectivity index (χ2v) is 5.25. The Balaban J connectivity index is 2.94. The lowest BCUT2D eigenvalue weighted by atomic mass is 10.1. The van der Waals surface area contributed by atoms with Gasteiger partial charge in [-0.25, -0.2) is 0 Å². The average molecular weight is 285 g/mol. The first-order valence-electron chi connectivity index (χ1n) is 6.29. The third kappa shape index (κ3) is 4.40. The van der Waals surface area contributed by atoms with Crippen molar-refractivity contribution in [1.29, 1.82) is 0 Å². The predicted molar refractivity (Wildman–Crippen MR) is 78.5 cm³/mol. The van der Waals surface area contributed by atoms with Crippen molar-refractivity contribution in [3.8, 4) is 0 Å². The molecule has 1 aromatic rings. The molecule has 0 aromatic heterocycles. The van der Waals surface area contributed by atoms with Gasteiger partial charge in [0.15, 0.2) is 0 Å². The molecule has 0 bridgehead atoms. The lowest BCUT2D eigenvalue weighted by Gasteiger charge is -2.25. The first kappa shape index (κ1) is 15.8. The van der Waals surface area contributed by atoms with Gasteiger partial charge >= 0.3 is 0 Å². The second-order valence-electron chi connectivity index (χ2n) is 4.84. The van der Waals surface area contributed by atoms with Gasteiger partial charge in [-0.3, -0.25) is 4.79 Å². The zero-order valence-electron chi connectivity index (χ0n) is 11.6. The van der Waals surface area contributed by atoms with Gasteiger partial charge in [0.2, 0.25) is 0 Å². The van der Waals surface area contributed by atoms with E-state index in [0.717, 1.165) is 0 Å². The molecule has 0 radical (unpaired) electrons. The first-order valence-corrected chi connectivity index (χ1v) is 6.67. The number of nitrogens with two attached hydrogens (primary N) is 1. The van der Waals surface area contributed by atoms with Crippen LogP contribution in [0.4, 0.5) is 5.69 Å². The van der Waals surface area contributed by atoms with Crippen LogP contribution in [0.15, 0.2) is 18.2 Å². The third-order valence-corrected chi connectivity index (χ3v) is 3.05. The summed E-state index contributed by atoms with van der Waals surface area (Å²) in [5, 5.41) is 0.405. The van der Waals surface area contributed by atoms with E-state index >= 15 is 0 Å². The van der Waals surface area contributed by atoms with Crippen LogP contribution in [0.5, 0.6) is 0 Å². The monoisotopic (exact) mass is 284 g/mol. The molecule has 0 saturated heterocycles. The molecule has 0 spiro atoms. The van der Waals surface area contributed by atoms with Gasteiger partial charge in [-0.2, -0.15) is 0 Å². The molecule has 1 rings (SSSR count). The van der Waals surface area contributed by atoms with Gasteiger partial charge in [-0.15, -0.1) is 0 Å². The summed E-state index contributed by atoms with van der Waals surface area (Å²) in [6.45, 7) is 5.83. The number of nitrogen functional groups attached to an aromatic ring is 1. The molecule has 19 heavy (non-hydrogen) atoms. The van der Waals surface area contributed by atoms with Crippen molar-refractivity contribution in [3.05, 3.63) is 28.8 Å². The number of amides is 1. The number of para-hydroxylation sites is 1. The van der Waals surface area contributed by atoms with Crippen molar-refractivity contribution >= 4 is 23.2 Å². The Kier molecular flexibility index (Phi) is 6.12. The lowest BCUT2D eigenvalue weighted by molar-refractivity contribution is 0.0673. The minimum atomic E-state index is -0.106. The number of hydrogen-bond donors (Lipinski definition) is 1. The zero-order chi connectivity index (χ0) is 14.4. The van der Waals surface area contributed by atoms with Gasteiger partial charge in [0.1, 0.15) is 0 Å². The van der Waals surface area contributed by atoms with Gasteiger partial charge in [0.25, 0.3) is 5.91 Å². The Bertz CT molecular complexity index is 435. The summed E-state index contributed by atoms with van der Waals surface area (Å²) in [5.74, 6) is 0.270. The van der Waals surface area contributed by atoms with E-state index in [0.29, 0.717) is 41.9 Å². The van der Waals surface area contributed by atoms with Crippen molar-refractivity contribution < 1.29 is 9.53 Å². The van der Waals surface area contributed by atoms with Crippen molar-refractivity contribution in [2.75, 3.05) is 32.5 Å². The summed E-state index contributed by atoms with van der Waals surface area (Å²) < 4.78 is 5.04. The third-order valence-electron chi connectivity index (χ3n) is 2.72. The Hall–Kier alpha value is -1.26. The molecule has 5 heteroatoms. The number of rotatable bonds is 6. The summed E-state index contributed by atoms with van der Waals surface area (Å²) in [7, 11) is 1.62. The van der Waals surface area contributed by atoms with Crippen LogP contribution < -0.4 is 5.73 Å². The highest BCUT2D eigenvalue weighted by molar-refractivity contribution is 6.33. The van der Waals surface area contributed by atoms with E-state index in [2.05, 4.69) is 13.8 Å². The molecule has 0 aliphatic heterocycles. The molecular formula is C14H21ClN2O2. The maximum atomic E-state index is 12.5. The molecule has 1 amide bonds. The minimum absolute atomic E-state index is 0.106. The van der Waals surface area contributed by atoms with Crippen LogP contribution in [0.1, 0.15) is 24.2 Å². The first-order chi connectivity index (χ1) is 8.97. The predicted octanol–water partition coefficient (Wildman–Crippen LogP) is 2.67. The molecule has 0 atom stereocenters. The Labute approximate surface area is 119 Å². The second kappa shape index (κ2) is 7.36. The number of carbonyl (C=O) groups is 1. The molecule has 106 valence electrons. The van der Waals surface area contributed by atoms with Crippen LogP contribution in [0.3, 0.4) is 0 Å². The van der Waals surface area contributed by atoms with Crippen LogP contribution in [0.25, 0.3) is 0 Å². The van der Waals surface area contributed by atoms with Crippen molar-refractivity contribution in [2.24, 2.45) is 5.92 Å². The highest BCUT2D eigenvalue weighted by atomic mass is 35.5. The van der Waals surface area contributed by atoms with Gasteiger partial charge < -0.3 is 15.4 Å². The summed E-state index contributed by atoms with van der Waals surface area (Å²) in [6, 6.07) is 5.11. The van der Waals surface area contributed by atoms with E-state index in [1.165, 1.54) is 0 Å². The molecule has 0 aliphatic carbocycles. The number of hydrogen-bond acceptors (Lipinski definition) is 3. The van der Waals surface area contributed by atoms with Crippen molar-refractivity contribution in [2.45, 2.75) is 13.8 Å². The van der Waals surface area contributed by atoms with Crippen molar-refractivity contribution in [1.82, 2.24) is 4.90 Å². The highest BCUT2D eigenvalue weighted by Crippen LogP contribution is 2.23. The molecule has 0 heterocycles. The van der Waals surface area contributed by atoms with Crippen molar-refractivity contribution in [3.63, 3.8) is 0 Å². The zero-order valence-corrected chi connectivity index (χ0v) is 12.4. The van der Waals surface area contributed by atoms with E-state index < -0.39 is 0 Å². The number of benzene rings is 1. The number of carbonyl (C=O) groups excluding carboxylic acids is 1. The summed E-state index contributed by atoms with van der Waals surface area (Å²) in [4.78, 5) is 14.2. The average Bonchev–Trinajstić information content (AvgIpc) is 2.36. The SMILES string of the molecule is COCCN(CC(C)C)C(=O)c1cccc(Cl)c1N. The van der Waals surface area contributed by atoms with Crippen LogP contribution in [0, 0.1) is 5.92 Å². The minimum Gasteiger partial charge on any atom is -0.397 e. The molecule has 0 unspecified atom stereocenters. The Morgan fingerprint density at radius 1 is 1.47 bits per heavy atom. The summed E-state index contributed by atoms with van der Waals surface area (Å²) in [6.07, 6.45) is 0. The Morgan fingerprint density at radius 3 is 2.74 bits per heavy atom. The molecule has 4 nitrogen and oxygen atoms in total. The number of anilines is 1. The van der Waals surface area contributed by atoms with Crippen LogP contribution in [0.2, 0.25) is 5.02 Å². The molecule has 2 N–H and O–H groups in total. The van der Waals surface area contributed by atoms with Crippen LogP contribution >= 0.6 is 11.6 Å². The molecule has 0 saturated carbocycles. The fraction of sp³-hybridized carbons (Fsp3) is 0.500. The normalized spacial score (nSPS) is 10.8. The quantitative estimate of drug-likeness (QED) is 0.817. The summed E-state index contributed by atoms with van der Waals surface area (Å²) >= 11 is 5.95. The van der Waals surface area contributed by atoms with Gasteiger partial charge in [-0.05, 0) is 18.1 Å². The van der Waals surface area contributed by atoms with E-state index in [4.69, 9.17) is 22.1 Å². The van der Waals surface area contributed by atoms with E-state index in [1.54, 1.807) is 30.2 Å². The van der Waals surface area contributed by atoms with Crippen LogP contribution in [-0.2, 0) is 4.74 Å². The number of halogens is 1. The number of methoxy groups -OCH3 is 1. The highest BCUT2D eigenvalue weighted by Gasteiger charge is 2.19. The number of ether oxygens (including phenoxy) is 1. The topological polar surface area (TPSA) is 55.6 Å². The van der Waals surface area contributed by atoms with Gasteiger partial charge in [-0.1, -0.05) is 31.5 Å². The fourth-order valence-electron chi connectivity index (χ4n) is 1.81. The molecule has 1 aromatic carbocycles.